The average Bonchev–Trinajstić information content (AvgIpc) is 2.74. The Labute approximate surface area is 199 Å². The molecule has 2 N–H and O–H groups in total. The Hall–Kier alpha value is -1.98. The minimum Gasteiger partial charge on any atom is -0.738 e. The van der Waals surface area contributed by atoms with Gasteiger partial charge in [0.1, 0.15) is 6.04 Å². The van der Waals surface area contributed by atoms with Gasteiger partial charge in [0.15, 0.2) is 5.12 Å². The molecule has 1 rings (SSSR count). The monoisotopic (exact) mass is 483 g/mol. The van der Waals surface area contributed by atoms with E-state index in [4.69, 9.17) is 9.94 Å². The van der Waals surface area contributed by atoms with Crippen molar-refractivity contribution in [1.82, 2.24) is 10.7 Å². The summed E-state index contributed by atoms with van der Waals surface area (Å²) in [7, 11) is 0. The van der Waals surface area contributed by atoms with E-state index in [9.17, 15) is 19.6 Å². The van der Waals surface area contributed by atoms with E-state index in [0.717, 1.165) is 23.7 Å². The number of rotatable bonds is 13. The highest BCUT2D eigenvalue weighted by Crippen LogP contribution is 2.24. The lowest BCUT2D eigenvalue weighted by Gasteiger charge is -2.29. The molecular weight excluding hydrogens is 448 g/mol. The quantitative estimate of drug-likeness (QED) is 0.320. The molecule has 0 fully saturated rings. The molecule has 0 radical (unpaired) electrons. The van der Waals surface area contributed by atoms with Crippen LogP contribution in [0.25, 0.3) is 0 Å². The molecule has 0 heterocycles. The van der Waals surface area contributed by atoms with E-state index in [2.05, 4.69) is 24.0 Å². The van der Waals surface area contributed by atoms with Crippen LogP contribution in [0, 0.1) is 16.5 Å². The van der Waals surface area contributed by atoms with Gasteiger partial charge < -0.3 is 20.5 Å². The fourth-order valence-corrected chi connectivity index (χ4v) is 3.82. The van der Waals surface area contributed by atoms with Crippen molar-refractivity contribution in [3.8, 4) is 0 Å². The van der Waals surface area contributed by atoms with Gasteiger partial charge in [-0.05, 0) is 44.2 Å². The second-order valence-corrected chi connectivity index (χ2v) is 9.89. The van der Waals surface area contributed by atoms with Crippen molar-refractivity contribution in [3.63, 3.8) is 0 Å². The van der Waals surface area contributed by atoms with Crippen LogP contribution in [0.2, 0.25) is 0 Å². The highest BCUT2D eigenvalue weighted by atomic mass is 32.2. The van der Waals surface area contributed by atoms with Crippen LogP contribution in [-0.4, -0.2) is 52.6 Å². The van der Waals surface area contributed by atoms with Crippen molar-refractivity contribution in [2.24, 2.45) is 11.3 Å². The van der Waals surface area contributed by atoms with E-state index >= 15 is 0 Å². The Kier molecular flexibility index (Phi) is 12.0. The van der Waals surface area contributed by atoms with Gasteiger partial charge in [0.25, 0.3) is 0 Å². The average molecular weight is 484 g/mol. The molecule has 0 unspecified atom stereocenters. The van der Waals surface area contributed by atoms with Crippen molar-refractivity contribution < 1.29 is 29.2 Å². The number of esters is 1. The number of amides is 1. The minimum atomic E-state index is -1.23. The molecular formula is C23H35N2O7S-. The smallest absolute Gasteiger partial charge is 0.329 e. The molecule has 186 valence electrons. The van der Waals surface area contributed by atoms with Crippen molar-refractivity contribution in [3.05, 3.63) is 40.6 Å². The predicted octanol–water partition coefficient (Wildman–Crippen LogP) is 3.44. The summed E-state index contributed by atoms with van der Waals surface area (Å²) in [6.07, 6.45) is 0.963. The van der Waals surface area contributed by atoms with Gasteiger partial charge in [0, 0.05) is 5.75 Å². The predicted molar refractivity (Wildman–Crippen MR) is 126 cm³/mol. The Bertz CT molecular complexity index is 782. The summed E-state index contributed by atoms with van der Waals surface area (Å²) >= 11 is 0.943. The summed E-state index contributed by atoms with van der Waals surface area (Å²) in [5, 5.41) is 20.8. The van der Waals surface area contributed by atoms with Crippen molar-refractivity contribution in [2.75, 3.05) is 19.0 Å². The number of nitrogens with zero attached hydrogens (tertiary/aromatic N) is 1. The van der Waals surface area contributed by atoms with Crippen LogP contribution in [-0.2, 0) is 30.4 Å². The molecule has 0 aromatic heterocycles. The molecule has 0 spiro atoms. The number of nitrogens with one attached hydrogen (secondary N) is 1. The van der Waals surface area contributed by atoms with Gasteiger partial charge in [0.2, 0.25) is 5.91 Å². The Morgan fingerprint density at radius 1 is 1.18 bits per heavy atom. The van der Waals surface area contributed by atoms with Crippen LogP contribution in [0.4, 0.5) is 0 Å². The van der Waals surface area contributed by atoms with Crippen molar-refractivity contribution in [1.29, 1.82) is 0 Å². The van der Waals surface area contributed by atoms with Crippen LogP contribution in [0.3, 0.4) is 0 Å². The standard InChI is InChI=1S/C23H35N2O7S/c1-7-31-20(26)19(24-22(28)23(5,6)14-32-25(29)30)13-33-21(27)16(4)18-10-8-17(9-11-18)12-15(2)3/h8-11,15-16,19,29H,7,12-14H2,1-6H3,(H,24,28)/q-1/t16-,19+/m1/s1. The summed E-state index contributed by atoms with van der Waals surface area (Å²) in [5.41, 5.74) is 0.857. The summed E-state index contributed by atoms with van der Waals surface area (Å²) in [6.45, 7) is 10.4. The van der Waals surface area contributed by atoms with E-state index in [-0.39, 0.29) is 23.4 Å². The van der Waals surface area contributed by atoms with Crippen LogP contribution >= 0.6 is 11.8 Å². The lowest BCUT2D eigenvalue weighted by atomic mass is 9.93. The molecule has 0 aliphatic carbocycles. The largest absolute Gasteiger partial charge is 0.738 e. The van der Waals surface area contributed by atoms with E-state index in [0.29, 0.717) is 5.92 Å². The second-order valence-electron chi connectivity index (χ2n) is 8.86. The number of carbonyl (C=O) groups excluding carboxylic acids is 3. The fourth-order valence-electron chi connectivity index (χ4n) is 2.89. The zero-order chi connectivity index (χ0) is 25.2. The maximum Gasteiger partial charge on any atom is 0.329 e. The number of ether oxygens (including phenoxy) is 1. The third-order valence-corrected chi connectivity index (χ3v) is 6.03. The number of carbonyl (C=O) groups is 3. The Morgan fingerprint density at radius 3 is 2.30 bits per heavy atom. The SMILES string of the molecule is CCOC(=O)[C@H](CSC(=O)[C@H](C)c1ccc(CC(C)C)cc1)NC(=O)C(C)(C)CON([O-])O. The number of hydrogen-bond donors (Lipinski definition) is 2. The molecule has 0 saturated carbocycles. The normalized spacial score (nSPS) is 13.6. The molecule has 9 nitrogen and oxygen atoms in total. The molecule has 0 saturated heterocycles. The lowest BCUT2D eigenvalue weighted by Crippen LogP contribution is -2.50. The number of thioether (sulfide) groups is 1. The minimum absolute atomic E-state index is 0.0101. The molecule has 0 aliphatic rings. The molecule has 0 aliphatic heterocycles. The third kappa shape index (κ3) is 10.2. The summed E-state index contributed by atoms with van der Waals surface area (Å²) in [6, 6.07) is 6.85. The second kappa shape index (κ2) is 13.7. The summed E-state index contributed by atoms with van der Waals surface area (Å²) in [5.74, 6) is -1.12. The number of hydrogen-bond acceptors (Lipinski definition) is 9. The molecule has 33 heavy (non-hydrogen) atoms. The van der Waals surface area contributed by atoms with E-state index in [1.807, 2.05) is 24.3 Å². The molecule has 0 bridgehead atoms. The highest BCUT2D eigenvalue weighted by molar-refractivity contribution is 8.13. The third-order valence-electron chi connectivity index (χ3n) is 4.90. The van der Waals surface area contributed by atoms with Gasteiger partial charge in [0.05, 0.1) is 24.5 Å². The van der Waals surface area contributed by atoms with E-state index < -0.39 is 35.3 Å². The zero-order valence-electron chi connectivity index (χ0n) is 20.1. The Morgan fingerprint density at radius 2 is 1.79 bits per heavy atom. The van der Waals surface area contributed by atoms with Gasteiger partial charge in [-0.25, -0.2) is 4.79 Å². The maximum absolute atomic E-state index is 12.8. The topological polar surface area (TPSA) is 128 Å². The molecule has 10 heteroatoms. The maximum atomic E-state index is 12.8. The zero-order valence-corrected chi connectivity index (χ0v) is 20.9. The molecule has 1 aromatic carbocycles. The molecule has 2 atom stereocenters. The van der Waals surface area contributed by atoms with Gasteiger partial charge in [-0.15, -0.1) is 5.39 Å². The van der Waals surface area contributed by atoms with Crippen LogP contribution in [0.15, 0.2) is 24.3 Å². The van der Waals surface area contributed by atoms with Crippen molar-refractivity contribution in [2.45, 2.75) is 59.9 Å². The first-order chi connectivity index (χ1) is 15.4. The first-order valence-corrected chi connectivity index (χ1v) is 11.9. The first-order valence-electron chi connectivity index (χ1n) is 10.9. The Balaban J connectivity index is 2.79. The first kappa shape index (κ1) is 29.1. The van der Waals surface area contributed by atoms with Gasteiger partial charge in [-0.1, -0.05) is 56.8 Å². The van der Waals surface area contributed by atoms with Gasteiger partial charge >= 0.3 is 5.97 Å². The van der Waals surface area contributed by atoms with Crippen LogP contribution in [0.1, 0.15) is 58.6 Å². The lowest BCUT2D eigenvalue weighted by molar-refractivity contribution is -0.313. The fraction of sp³-hybridized carbons (Fsp3) is 0.609. The summed E-state index contributed by atoms with van der Waals surface area (Å²) < 4.78 is 5.03. The summed E-state index contributed by atoms with van der Waals surface area (Å²) in [4.78, 5) is 42.2. The van der Waals surface area contributed by atoms with E-state index in [1.165, 1.54) is 19.4 Å². The van der Waals surface area contributed by atoms with Gasteiger partial charge in [-0.2, -0.15) is 0 Å². The number of benzene rings is 1. The van der Waals surface area contributed by atoms with Gasteiger partial charge in [-0.3, -0.25) is 14.4 Å². The van der Waals surface area contributed by atoms with Crippen LogP contribution < -0.4 is 5.32 Å². The highest BCUT2D eigenvalue weighted by Gasteiger charge is 2.33. The molecule has 1 amide bonds. The van der Waals surface area contributed by atoms with Crippen LogP contribution in [0.5, 0.6) is 0 Å². The van der Waals surface area contributed by atoms with E-state index in [1.54, 1.807) is 13.8 Å². The molecule has 1 aromatic rings. The van der Waals surface area contributed by atoms with Crippen molar-refractivity contribution >= 4 is 28.8 Å².